The normalized spacial score (nSPS) is 10.9. The smallest absolute Gasteiger partial charge is 0.295 e. The lowest BCUT2D eigenvalue weighted by atomic mass is 10.1. The van der Waals surface area contributed by atoms with Crippen molar-refractivity contribution in [2.45, 2.75) is 6.92 Å². The van der Waals surface area contributed by atoms with Crippen molar-refractivity contribution < 1.29 is 4.79 Å². The van der Waals surface area contributed by atoms with E-state index in [9.17, 15) is 4.79 Å². The Morgan fingerprint density at radius 3 is 2.47 bits per heavy atom. The molecule has 0 aliphatic heterocycles. The number of aromatic nitrogens is 3. The van der Waals surface area contributed by atoms with Crippen LogP contribution in [0, 0.1) is 6.92 Å². The molecule has 156 valence electrons. The van der Waals surface area contributed by atoms with Gasteiger partial charge in [-0.05, 0) is 60.3 Å². The summed E-state index contributed by atoms with van der Waals surface area (Å²) in [6.45, 7) is 2.01. The molecule has 0 fully saturated rings. The number of rotatable bonds is 4. The molecule has 1 heterocycles. The summed E-state index contributed by atoms with van der Waals surface area (Å²) in [6.07, 6.45) is 0. The van der Waals surface area contributed by atoms with Gasteiger partial charge in [0.15, 0.2) is 5.82 Å². The third-order valence-electron chi connectivity index (χ3n) is 5.20. The highest BCUT2D eigenvalue weighted by Crippen LogP contribution is 2.26. The topological polar surface area (TPSA) is 59.8 Å². The molecule has 0 saturated heterocycles. The van der Waals surface area contributed by atoms with E-state index in [0.29, 0.717) is 16.5 Å². The van der Waals surface area contributed by atoms with Crippen LogP contribution in [0.3, 0.4) is 0 Å². The maximum atomic E-state index is 13.1. The molecule has 0 unspecified atom stereocenters. The van der Waals surface area contributed by atoms with Crippen LogP contribution in [0.15, 0.2) is 91.0 Å². The van der Waals surface area contributed by atoms with Crippen LogP contribution < -0.4 is 5.32 Å². The van der Waals surface area contributed by atoms with Crippen LogP contribution in [-0.2, 0) is 0 Å². The highest BCUT2D eigenvalue weighted by Gasteiger charge is 2.19. The second-order valence-electron chi connectivity index (χ2n) is 7.50. The number of nitrogens with one attached hydrogen (secondary N) is 1. The zero-order valence-corrected chi connectivity index (χ0v) is 18.0. The molecule has 0 saturated carbocycles. The number of amides is 1. The van der Waals surface area contributed by atoms with Crippen molar-refractivity contribution in [2.75, 3.05) is 5.32 Å². The summed E-state index contributed by atoms with van der Waals surface area (Å²) in [5.74, 6) is 0.280. The van der Waals surface area contributed by atoms with Gasteiger partial charge in [0.2, 0.25) is 5.82 Å². The molecule has 0 spiro atoms. The quantitative estimate of drug-likeness (QED) is 0.358. The van der Waals surface area contributed by atoms with Crippen LogP contribution in [0.25, 0.3) is 27.8 Å². The van der Waals surface area contributed by atoms with Crippen LogP contribution in [-0.4, -0.2) is 20.7 Å². The molecule has 4 aromatic carbocycles. The Balaban J connectivity index is 1.57. The lowest BCUT2D eigenvalue weighted by Crippen LogP contribution is -2.14. The van der Waals surface area contributed by atoms with Gasteiger partial charge in [-0.1, -0.05) is 60.1 Å². The van der Waals surface area contributed by atoms with E-state index < -0.39 is 0 Å². The molecule has 1 aromatic heterocycles. The molecule has 6 heteroatoms. The molecule has 1 amide bonds. The average molecular weight is 439 g/mol. The number of anilines is 1. The molecule has 0 bridgehead atoms. The number of hydrogen-bond donors (Lipinski definition) is 1. The molecular formula is C26H19ClN4O. The van der Waals surface area contributed by atoms with Crippen LogP contribution in [0.5, 0.6) is 0 Å². The van der Waals surface area contributed by atoms with Gasteiger partial charge in [0.05, 0.1) is 5.69 Å². The second kappa shape index (κ2) is 8.29. The Labute approximate surface area is 190 Å². The first-order valence-electron chi connectivity index (χ1n) is 10.2. The van der Waals surface area contributed by atoms with E-state index in [2.05, 4.69) is 15.4 Å². The number of aryl methyl sites for hydroxylation is 1. The molecule has 5 rings (SSSR count). The van der Waals surface area contributed by atoms with Crippen LogP contribution in [0.4, 0.5) is 5.69 Å². The molecule has 0 radical (unpaired) electrons. The zero-order valence-electron chi connectivity index (χ0n) is 17.3. The zero-order chi connectivity index (χ0) is 22.1. The van der Waals surface area contributed by atoms with Crippen molar-refractivity contribution in [2.24, 2.45) is 0 Å². The lowest BCUT2D eigenvalue weighted by molar-refractivity contribution is 0.101. The summed E-state index contributed by atoms with van der Waals surface area (Å²) in [4.78, 5) is 17.7. The minimum atomic E-state index is -0.372. The number of fused-ring (bicyclic) bond motifs is 1. The van der Waals surface area contributed by atoms with Crippen molar-refractivity contribution in [1.29, 1.82) is 0 Å². The van der Waals surface area contributed by atoms with Crippen molar-refractivity contribution in [1.82, 2.24) is 14.8 Å². The number of benzene rings is 4. The van der Waals surface area contributed by atoms with E-state index in [1.54, 1.807) is 16.8 Å². The molecule has 0 aliphatic carbocycles. The van der Waals surface area contributed by atoms with Gasteiger partial charge in [-0.25, -0.2) is 9.67 Å². The standard InChI is InChI=1S/C26H19ClN4O/c1-17-6-4-9-21(16-17)31-25(19-12-14-20(27)15-13-19)29-24(30-31)26(32)28-23-11-5-8-18-7-2-3-10-22(18)23/h2-16H,1H3,(H,28,32). The third kappa shape index (κ3) is 3.86. The second-order valence-corrected chi connectivity index (χ2v) is 7.93. The number of nitrogens with zero attached hydrogens (tertiary/aromatic N) is 3. The van der Waals surface area contributed by atoms with Gasteiger partial charge in [-0.2, -0.15) is 0 Å². The Morgan fingerprint density at radius 2 is 1.66 bits per heavy atom. The molecule has 0 aliphatic rings. The molecule has 1 N–H and O–H groups in total. The van der Waals surface area contributed by atoms with Crippen molar-refractivity contribution in [3.8, 4) is 17.1 Å². The highest BCUT2D eigenvalue weighted by atomic mass is 35.5. The Bertz CT molecular complexity index is 1430. The number of hydrogen-bond acceptors (Lipinski definition) is 3. The molecule has 5 nitrogen and oxygen atoms in total. The summed E-state index contributed by atoms with van der Waals surface area (Å²) in [5, 5.41) is 10.2. The Hall–Kier alpha value is -3.96. The Morgan fingerprint density at radius 1 is 0.906 bits per heavy atom. The first-order valence-corrected chi connectivity index (χ1v) is 10.6. The highest BCUT2D eigenvalue weighted by molar-refractivity contribution is 6.30. The van der Waals surface area contributed by atoms with Crippen LogP contribution in [0.2, 0.25) is 5.02 Å². The molecule has 32 heavy (non-hydrogen) atoms. The lowest BCUT2D eigenvalue weighted by Gasteiger charge is -2.07. The molecule has 5 aromatic rings. The van der Waals surface area contributed by atoms with Crippen molar-refractivity contribution in [3.05, 3.63) is 107 Å². The molecular weight excluding hydrogens is 420 g/mol. The number of carbonyl (C=O) groups excluding carboxylic acids is 1. The summed E-state index contributed by atoms with van der Waals surface area (Å²) in [6, 6.07) is 28.9. The third-order valence-corrected chi connectivity index (χ3v) is 5.45. The fourth-order valence-electron chi connectivity index (χ4n) is 3.65. The van der Waals surface area contributed by atoms with Gasteiger partial charge in [-0.15, -0.1) is 5.10 Å². The van der Waals surface area contributed by atoms with E-state index in [1.165, 1.54) is 0 Å². The maximum absolute atomic E-state index is 13.1. The fourth-order valence-corrected chi connectivity index (χ4v) is 3.77. The largest absolute Gasteiger partial charge is 0.319 e. The Kier molecular flexibility index (Phi) is 5.17. The average Bonchev–Trinajstić information content (AvgIpc) is 3.26. The first-order chi connectivity index (χ1) is 15.6. The SMILES string of the molecule is Cc1cccc(-n2nc(C(=O)Nc3cccc4ccccc34)nc2-c2ccc(Cl)cc2)c1. The van der Waals surface area contributed by atoms with Gasteiger partial charge in [0, 0.05) is 21.7 Å². The van der Waals surface area contributed by atoms with E-state index in [4.69, 9.17) is 11.6 Å². The maximum Gasteiger partial charge on any atom is 0.295 e. The van der Waals surface area contributed by atoms with Gasteiger partial charge >= 0.3 is 0 Å². The van der Waals surface area contributed by atoms with E-state index in [-0.39, 0.29) is 11.7 Å². The minimum absolute atomic E-state index is 0.0874. The number of halogens is 1. The van der Waals surface area contributed by atoms with Crippen LogP contribution in [0.1, 0.15) is 16.2 Å². The summed E-state index contributed by atoms with van der Waals surface area (Å²) in [7, 11) is 0. The predicted molar refractivity (Wildman–Crippen MR) is 128 cm³/mol. The van der Waals surface area contributed by atoms with Gasteiger partial charge in [-0.3, -0.25) is 4.79 Å². The predicted octanol–water partition coefficient (Wildman–Crippen LogP) is 6.30. The van der Waals surface area contributed by atoms with E-state index in [0.717, 1.165) is 27.6 Å². The summed E-state index contributed by atoms with van der Waals surface area (Å²) < 4.78 is 1.69. The fraction of sp³-hybridized carbons (Fsp3) is 0.0385. The minimum Gasteiger partial charge on any atom is -0.319 e. The van der Waals surface area contributed by atoms with Gasteiger partial charge in [0.1, 0.15) is 0 Å². The summed E-state index contributed by atoms with van der Waals surface area (Å²) in [5.41, 5.74) is 3.44. The number of carbonyl (C=O) groups is 1. The monoisotopic (exact) mass is 438 g/mol. The van der Waals surface area contributed by atoms with E-state index in [1.807, 2.05) is 85.8 Å². The first kappa shape index (κ1) is 20.0. The van der Waals surface area contributed by atoms with Crippen LogP contribution >= 0.6 is 11.6 Å². The summed E-state index contributed by atoms with van der Waals surface area (Å²) >= 11 is 6.06. The van der Waals surface area contributed by atoms with E-state index >= 15 is 0 Å². The van der Waals surface area contributed by atoms with Crippen molar-refractivity contribution >= 4 is 34.0 Å². The van der Waals surface area contributed by atoms with Crippen molar-refractivity contribution in [3.63, 3.8) is 0 Å². The van der Waals surface area contributed by atoms with Gasteiger partial charge < -0.3 is 5.32 Å². The molecule has 0 atom stereocenters. The van der Waals surface area contributed by atoms with Gasteiger partial charge in [0.25, 0.3) is 5.91 Å².